The number of morpholine rings is 1. The van der Waals surface area contributed by atoms with E-state index >= 15 is 0 Å². The van der Waals surface area contributed by atoms with E-state index in [-0.39, 0.29) is 0 Å². The van der Waals surface area contributed by atoms with Gasteiger partial charge in [0.05, 0.1) is 12.7 Å². The number of rotatable bonds is 4. The lowest BCUT2D eigenvalue weighted by molar-refractivity contribution is -0.0654. The lowest BCUT2D eigenvalue weighted by Gasteiger charge is -2.42. The number of aryl methyl sites for hydroxylation is 1. The molecule has 0 bridgehead atoms. The molecule has 0 spiro atoms. The van der Waals surface area contributed by atoms with E-state index in [2.05, 4.69) is 49.9 Å². The second-order valence-electron chi connectivity index (χ2n) is 5.49. The van der Waals surface area contributed by atoms with Crippen LogP contribution in [-0.2, 0) is 11.2 Å². The first-order valence-corrected chi connectivity index (χ1v) is 7.32. The topological polar surface area (TPSA) is 38.5 Å². The zero-order valence-corrected chi connectivity index (χ0v) is 12.3. The summed E-state index contributed by atoms with van der Waals surface area (Å²) in [5.74, 6) is 0. The van der Waals surface area contributed by atoms with Crippen molar-refractivity contribution in [3.63, 3.8) is 0 Å². The minimum Gasteiger partial charge on any atom is -0.376 e. The first kappa shape index (κ1) is 14.5. The summed E-state index contributed by atoms with van der Waals surface area (Å²) in [5, 5.41) is 0. The van der Waals surface area contributed by atoms with Gasteiger partial charge in [-0.25, -0.2) is 0 Å². The molecule has 3 atom stereocenters. The second-order valence-corrected chi connectivity index (χ2v) is 5.49. The van der Waals surface area contributed by atoms with E-state index < -0.39 is 0 Å². The Bertz CT molecular complexity index is 407. The van der Waals surface area contributed by atoms with Gasteiger partial charge in [0.1, 0.15) is 0 Å². The summed E-state index contributed by atoms with van der Waals surface area (Å²) >= 11 is 0. The SMILES string of the molecule is CCc1ccccc1C(CN)N1CC(C)OCC1C. The second kappa shape index (κ2) is 6.51. The maximum Gasteiger partial charge on any atom is 0.0675 e. The molecule has 1 aromatic rings. The van der Waals surface area contributed by atoms with Crippen molar-refractivity contribution < 1.29 is 4.74 Å². The molecule has 3 heteroatoms. The maximum absolute atomic E-state index is 6.08. The zero-order chi connectivity index (χ0) is 13.8. The van der Waals surface area contributed by atoms with Crippen LogP contribution in [0.4, 0.5) is 0 Å². The van der Waals surface area contributed by atoms with Gasteiger partial charge >= 0.3 is 0 Å². The number of nitrogens with two attached hydrogens (primary N) is 1. The fourth-order valence-electron chi connectivity index (χ4n) is 2.99. The number of hydrogen-bond acceptors (Lipinski definition) is 3. The predicted octanol–water partition coefficient (Wildman–Crippen LogP) is 2.36. The van der Waals surface area contributed by atoms with Crippen LogP contribution in [0.5, 0.6) is 0 Å². The summed E-state index contributed by atoms with van der Waals surface area (Å²) in [5.41, 5.74) is 8.87. The van der Waals surface area contributed by atoms with Gasteiger partial charge in [-0.05, 0) is 31.4 Å². The highest BCUT2D eigenvalue weighted by Crippen LogP contribution is 2.28. The van der Waals surface area contributed by atoms with Crippen LogP contribution in [0.3, 0.4) is 0 Å². The van der Waals surface area contributed by atoms with Gasteiger partial charge in [-0.1, -0.05) is 31.2 Å². The Morgan fingerprint density at radius 2 is 2.11 bits per heavy atom. The molecule has 2 N–H and O–H groups in total. The summed E-state index contributed by atoms with van der Waals surface area (Å²) in [6.07, 6.45) is 1.35. The molecule has 3 unspecified atom stereocenters. The average molecular weight is 262 g/mol. The van der Waals surface area contributed by atoms with Crippen molar-refractivity contribution in [1.82, 2.24) is 4.90 Å². The third kappa shape index (κ3) is 3.16. The summed E-state index contributed by atoms with van der Waals surface area (Å²) < 4.78 is 5.72. The molecule has 0 saturated carbocycles. The van der Waals surface area contributed by atoms with Crippen molar-refractivity contribution in [2.75, 3.05) is 19.7 Å². The minimum atomic E-state index is 0.291. The first-order valence-electron chi connectivity index (χ1n) is 7.32. The third-order valence-electron chi connectivity index (χ3n) is 4.07. The fraction of sp³-hybridized carbons (Fsp3) is 0.625. The predicted molar refractivity (Wildman–Crippen MR) is 79.2 cm³/mol. The van der Waals surface area contributed by atoms with Crippen LogP contribution in [0.1, 0.15) is 37.9 Å². The molecule has 0 amide bonds. The summed E-state index contributed by atoms with van der Waals surface area (Å²) in [6.45, 7) is 8.99. The molecule has 3 nitrogen and oxygen atoms in total. The molecule has 2 rings (SSSR count). The van der Waals surface area contributed by atoms with Gasteiger partial charge in [0.15, 0.2) is 0 Å². The van der Waals surface area contributed by atoms with Crippen LogP contribution < -0.4 is 5.73 Å². The van der Waals surface area contributed by atoms with E-state index in [0.717, 1.165) is 19.6 Å². The Morgan fingerprint density at radius 1 is 1.37 bits per heavy atom. The van der Waals surface area contributed by atoms with E-state index in [1.165, 1.54) is 11.1 Å². The lowest BCUT2D eigenvalue weighted by atomic mass is 9.95. The Balaban J connectivity index is 2.27. The van der Waals surface area contributed by atoms with E-state index in [1.807, 2.05) is 0 Å². The first-order chi connectivity index (χ1) is 9.17. The van der Waals surface area contributed by atoms with E-state index in [4.69, 9.17) is 10.5 Å². The van der Waals surface area contributed by atoms with Gasteiger partial charge in [-0.15, -0.1) is 0 Å². The Kier molecular flexibility index (Phi) is 4.97. The average Bonchev–Trinajstić information content (AvgIpc) is 2.44. The highest BCUT2D eigenvalue weighted by molar-refractivity contribution is 5.30. The third-order valence-corrected chi connectivity index (χ3v) is 4.07. The Labute approximate surface area is 116 Å². The van der Waals surface area contributed by atoms with Crippen molar-refractivity contribution in [1.29, 1.82) is 0 Å². The van der Waals surface area contributed by atoms with Crippen LogP contribution in [-0.4, -0.2) is 36.7 Å². The van der Waals surface area contributed by atoms with Gasteiger partial charge in [-0.2, -0.15) is 0 Å². The molecular formula is C16H26N2O. The molecule has 1 fully saturated rings. The molecule has 1 aliphatic rings. The van der Waals surface area contributed by atoms with Crippen LogP contribution in [0.15, 0.2) is 24.3 Å². The van der Waals surface area contributed by atoms with Crippen molar-refractivity contribution in [3.8, 4) is 0 Å². The molecule has 106 valence electrons. The molecule has 1 aliphatic heterocycles. The van der Waals surface area contributed by atoms with Crippen LogP contribution in [0.2, 0.25) is 0 Å². The fourth-order valence-corrected chi connectivity index (χ4v) is 2.99. The minimum absolute atomic E-state index is 0.291. The molecule has 1 heterocycles. The van der Waals surface area contributed by atoms with Gasteiger partial charge in [0.25, 0.3) is 0 Å². The van der Waals surface area contributed by atoms with E-state index in [9.17, 15) is 0 Å². The van der Waals surface area contributed by atoms with Gasteiger partial charge in [0.2, 0.25) is 0 Å². The van der Waals surface area contributed by atoms with Gasteiger partial charge in [-0.3, -0.25) is 4.90 Å². The van der Waals surface area contributed by atoms with E-state index in [1.54, 1.807) is 0 Å². The standard InChI is InChI=1S/C16H26N2O/c1-4-14-7-5-6-8-15(14)16(9-17)18-10-13(3)19-11-12(18)2/h5-8,12-13,16H,4,9-11,17H2,1-3H3. The summed E-state index contributed by atoms with van der Waals surface area (Å²) in [7, 11) is 0. The van der Waals surface area contributed by atoms with Crippen molar-refractivity contribution in [3.05, 3.63) is 35.4 Å². The molecule has 19 heavy (non-hydrogen) atoms. The smallest absolute Gasteiger partial charge is 0.0675 e. The quantitative estimate of drug-likeness (QED) is 0.905. The lowest BCUT2D eigenvalue weighted by Crippen LogP contribution is -2.50. The van der Waals surface area contributed by atoms with Gasteiger partial charge < -0.3 is 10.5 Å². The molecule has 1 saturated heterocycles. The molecule has 0 aromatic heterocycles. The number of nitrogens with zero attached hydrogens (tertiary/aromatic N) is 1. The Hall–Kier alpha value is -0.900. The van der Waals surface area contributed by atoms with Crippen molar-refractivity contribution in [2.45, 2.75) is 45.4 Å². The van der Waals surface area contributed by atoms with Crippen molar-refractivity contribution >= 4 is 0 Å². The molecular weight excluding hydrogens is 236 g/mol. The van der Waals surface area contributed by atoms with Crippen molar-refractivity contribution in [2.24, 2.45) is 5.73 Å². The number of ether oxygens (including phenoxy) is 1. The summed E-state index contributed by atoms with van der Waals surface area (Å²) in [4.78, 5) is 2.50. The highest BCUT2D eigenvalue weighted by Gasteiger charge is 2.30. The highest BCUT2D eigenvalue weighted by atomic mass is 16.5. The zero-order valence-electron chi connectivity index (χ0n) is 12.3. The van der Waals surface area contributed by atoms with Crippen LogP contribution in [0, 0.1) is 0 Å². The normalized spacial score (nSPS) is 26.3. The number of benzene rings is 1. The summed E-state index contributed by atoms with van der Waals surface area (Å²) in [6, 6.07) is 9.40. The molecule has 1 aromatic carbocycles. The van der Waals surface area contributed by atoms with E-state index in [0.29, 0.717) is 24.7 Å². The molecule has 0 radical (unpaired) electrons. The monoisotopic (exact) mass is 262 g/mol. The largest absolute Gasteiger partial charge is 0.376 e. The maximum atomic E-state index is 6.08. The van der Waals surface area contributed by atoms with Crippen LogP contribution >= 0.6 is 0 Å². The van der Waals surface area contributed by atoms with Gasteiger partial charge in [0, 0.05) is 25.2 Å². The number of hydrogen-bond donors (Lipinski definition) is 1. The molecule has 0 aliphatic carbocycles. The van der Waals surface area contributed by atoms with Crippen LogP contribution in [0.25, 0.3) is 0 Å². The Morgan fingerprint density at radius 3 is 2.79 bits per heavy atom.